The van der Waals surface area contributed by atoms with Gasteiger partial charge < -0.3 is 19.5 Å². The molecule has 0 spiro atoms. The van der Waals surface area contributed by atoms with Crippen molar-refractivity contribution in [3.8, 4) is 17.2 Å². The van der Waals surface area contributed by atoms with Gasteiger partial charge in [0.15, 0.2) is 11.5 Å². The largest absolute Gasteiger partial charge is 0.496 e. The van der Waals surface area contributed by atoms with Crippen LogP contribution in [0.3, 0.4) is 0 Å². The summed E-state index contributed by atoms with van der Waals surface area (Å²) < 4.78 is 16.2. The van der Waals surface area contributed by atoms with Crippen molar-refractivity contribution in [1.82, 2.24) is 10.7 Å². The van der Waals surface area contributed by atoms with Gasteiger partial charge in [0.2, 0.25) is 0 Å². The third-order valence-corrected chi connectivity index (χ3v) is 3.83. The summed E-state index contributed by atoms with van der Waals surface area (Å²) in [6.45, 7) is 2.30. The number of hydrogen-bond donors (Lipinski definition) is 2. The number of carbonyl (C=O) groups is 2. The predicted molar refractivity (Wildman–Crippen MR) is 110 cm³/mol. The summed E-state index contributed by atoms with van der Waals surface area (Å²) in [5.41, 5.74) is 3.39. The molecule has 2 N–H and O–H groups in total. The monoisotopic (exact) mass is 399 g/mol. The summed E-state index contributed by atoms with van der Waals surface area (Å²) in [5.74, 6) is 0.686. The molecule has 154 valence electrons. The van der Waals surface area contributed by atoms with Crippen LogP contribution in [0.2, 0.25) is 0 Å². The molecule has 0 aliphatic heterocycles. The summed E-state index contributed by atoms with van der Waals surface area (Å²) in [7, 11) is 3.03. The van der Waals surface area contributed by atoms with Crippen molar-refractivity contribution in [2.75, 3.05) is 27.4 Å². The highest BCUT2D eigenvalue weighted by Gasteiger charge is 2.12. The van der Waals surface area contributed by atoms with Gasteiger partial charge in [-0.1, -0.05) is 25.1 Å². The van der Waals surface area contributed by atoms with Crippen molar-refractivity contribution >= 4 is 18.0 Å². The molecule has 0 atom stereocenters. The zero-order valence-electron chi connectivity index (χ0n) is 16.7. The molecule has 0 heterocycles. The third-order valence-electron chi connectivity index (χ3n) is 3.83. The fourth-order valence-corrected chi connectivity index (χ4v) is 2.46. The van der Waals surface area contributed by atoms with E-state index >= 15 is 0 Å². The number of rotatable bonds is 10. The second kappa shape index (κ2) is 11.3. The molecular weight excluding hydrogens is 374 g/mol. The number of ether oxygens (including phenoxy) is 3. The molecule has 0 aliphatic rings. The molecule has 0 aliphatic carbocycles. The summed E-state index contributed by atoms with van der Waals surface area (Å²) >= 11 is 0. The van der Waals surface area contributed by atoms with E-state index in [2.05, 4.69) is 15.8 Å². The van der Waals surface area contributed by atoms with Gasteiger partial charge in [-0.2, -0.15) is 5.10 Å². The van der Waals surface area contributed by atoms with Crippen molar-refractivity contribution in [3.05, 3.63) is 53.6 Å². The highest BCUT2D eigenvalue weighted by Crippen LogP contribution is 2.30. The van der Waals surface area contributed by atoms with Gasteiger partial charge in [-0.05, 0) is 30.7 Å². The maximum Gasteiger partial charge on any atom is 0.259 e. The van der Waals surface area contributed by atoms with E-state index < -0.39 is 11.8 Å². The lowest BCUT2D eigenvalue weighted by atomic mass is 10.2. The Balaban J connectivity index is 1.94. The van der Waals surface area contributed by atoms with Crippen LogP contribution in [0.25, 0.3) is 0 Å². The van der Waals surface area contributed by atoms with Crippen LogP contribution in [0.15, 0.2) is 47.6 Å². The second-order valence-electron chi connectivity index (χ2n) is 5.90. The molecule has 0 radical (unpaired) electrons. The van der Waals surface area contributed by atoms with Gasteiger partial charge >= 0.3 is 0 Å². The van der Waals surface area contributed by atoms with Gasteiger partial charge in [0.25, 0.3) is 11.8 Å². The number of hydrogen-bond acceptors (Lipinski definition) is 6. The van der Waals surface area contributed by atoms with Gasteiger partial charge in [-0.25, -0.2) is 5.43 Å². The highest BCUT2D eigenvalue weighted by molar-refractivity contribution is 5.98. The minimum atomic E-state index is -0.469. The van der Waals surface area contributed by atoms with E-state index in [0.717, 1.165) is 6.42 Å². The minimum absolute atomic E-state index is 0.231. The summed E-state index contributed by atoms with van der Waals surface area (Å²) in [6, 6.07) is 12.1. The van der Waals surface area contributed by atoms with Crippen LogP contribution < -0.4 is 25.0 Å². The van der Waals surface area contributed by atoms with Crippen molar-refractivity contribution in [2.24, 2.45) is 5.10 Å². The molecule has 0 saturated heterocycles. The van der Waals surface area contributed by atoms with Crippen LogP contribution in [0.4, 0.5) is 0 Å². The molecule has 8 heteroatoms. The number of hydrazone groups is 1. The fraction of sp³-hybridized carbons (Fsp3) is 0.286. The molecule has 8 nitrogen and oxygen atoms in total. The minimum Gasteiger partial charge on any atom is -0.496 e. The van der Waals surface area contributed by atoms with Gasteiger partial charge in [-0.15, -0.1) is 0 Å². The van der Waals surface area contributed by atoms with E-state index in [1.165, 1.54) is 13.3 Å². The van der Waals surface area contributed by atoms with E-state index in [4.69, 9.17) is 14.2 Å². The van der Waals surface area contributed by atoms with E-state index in [1.807, 2.05) is 6.92 Å². The lowest BCUT2D eigenvalue weighted by Gasteiger charge is -2.12. The SMILES string of the molecule is CCCOc1c(C=NNC(=O)CNC(=O)c2ccccc2OC)cccc1OC. The number of para-hydroxylation sites is 2. The van der Waals surface area contributed by atoms with Crippen molar-refractivity contribution < 1.29 is 23.8 Å². The number of amides is 2. The first kappa shape index (κ1) is 21.7. The van der Waals surface area contributed by atoms with Crippen LogP contribution in [0, 0.1) is 0 Å². The van der Waals surface area contributed by atoms with Gasteiger partial charge in [0, 0.05) is 5.56 Å². The summed E-state index contributed by atoms with van der Waals surface area (Å²) in [4.78, 5) is 24.2. The Hall–Kier alpha value is -3.55. The second-order valence-corrected chi connectivity index (χ2v) is 5.90. The number of nitrogens with zero attached hydrogens (tertiary/aromatic N) is 1. The zero-order chi connectivity index (χ0) is 21.1. The Labute approximate surface area is 169 Å². The Bertz CT molecular complexity index is 867. The maximum absolute atomic E-state index is 12.2. The van der Waals surface area contributed by atoms with Crippen molar-refractivity contribution in [3.63, 3.8) is 0 Å². The number of benzene rings is 2. The number of methoxy groups -OCH3 is 2. The lowest BCUT2D eigenvalue weighted by molar-refractivity contribution is -0.120. The van der Waals surface area contributed by atoms with Gasteiger partial charge in [-0.3, -0.25) is 9.59 Å². The first-order valence-electron chi connectivity index (χ1n) is 9.13. The Morgan fingerprint density at radius 2 is 1.76 bits per heavy atom. The fourth-order valence-electron chi connectivity index (χ4n) is 2.46. The van der Waals surface area contributed by atoms with Crippen molar-refractivity contribution in [1.29, 1.82) is 0 Å². The van der Waals surface area contributed by atoms with E-state index in [0.29, 0.717) is 35.0 Å². The van der Waals surface area contributed by atoms with Crippen molar-refractivity contribution in [2.45, 2.75) is 13.3 Å². The van der Waals surface area contributed by atoms with Crippen LogP contribution in [0.1, 0.15) is 29.3 Å². The van der Waals surface area contributed by atoms with Gasteiger partial charge in [0.1, 0.15) is 5.75 Å². The topological polar surface area (TPSA) is 98.2 Å². The van der Waals surface area contributed by atoms with Crippen LogP contribution in [0.5, 0.6) is 17.2 Å². The standard InChI is InChI=1S/C21H25N3O5/c1-4-12-29-20-15(8-7-11-18(20)28-3)13-23-24-19(25)14-22-21(26)16-9-5-6-10-17(16)27-2/h5-11,13H,4,12,14H2,1-3H3,(H,22,26)(H,24,25). The summed E-state index contributed by atoms with van der Waals surface area (Å²) in [5, 5.41) is 6.46. The number of carbonyl (C=O) groups excluding carboxylic acids is 2. The maximum atomic E-state index is 12.2. The average molecular weight is 399 g/mol. The van der Waals surface area contributed by atoms with Crippen LogP contribution in [-0.4, -0.2) is 45.4 Å². The molecule has 2 amide bonds. The average Bonchev–Trinajstić information content (AvgIpc) is 2.76. The Morgan fingerprint density at radius 3 is 2.48 bits per heavy atom. The first-order valence-corrected chi connectivity index (χ1v) is 9.13. The van der Waals surface area contributed by atoms with Crippen LogP contribution in [-0.2, 0) is 4.79 Å². The van der Waals surface area contributed by atoms with Crippen LogP contribution >= 0.6 is 0 Å². The first-order chi connectivity index (χ1) is 14.1. The highest BCUT2D eigenvalue weighted by atomic mass is 16.5. The molecule has 0 unspecified atom stereocenters. The molecule has 2 rings (SSSR count). The Morgan fingerprint density at radius 1 is 1.03 bits per heavy atom. The molecule has 2 aromatic carbocycles. The lowest BCUT2D eigenvalue weighted by Crippen LogP contribution is -2.35. The quantitative estimate of drug-likeness (QED) is 0.472. The molecule has 0 bridgehead atoms. The molecule has 0 saturated carbocycles. The van der Waals surface area contributed by atoms with E-state index in [9.17, 15) is 9.59 Å². The molecule has 0 fully saturated rings. The molecule has 29 heavy (non-hydrogen) atoms. The Kier molecular flexibility index (Phi) is 8.50. The molecular formula is C21H25N3O5. The number of nitrogens with one attached hydrogen (secondary N) is 2. The van der Waals surface area contributed by atoms with Gasteiger partial charge in [0.05, 0.1) is 39.1 Å². The molecule has 0 aromatic heterocycles. The predicted octanol–water partition coefficient (Wildman–Crippen LogP) is 2.37. The summed E-state index contributed by atoms with van der Waals surface area (Å²) in [6.07, 6.45) is 2.31. The van der Waals surface area contributed by atoms with E-state index in [-0.39, 0.29) is 6.54 Å². The third kappa shape index (κ3) is 6.24. The zero-order valence-corrected chi connectivity index (χ0v) is 16.7. The smallest absolute Gasteiger partial charge is 0.259 e. The normalized spacial score (nSPS) is 10.4. The molecule has 2 aromatic rings. The van der Waals surface area contributed by atoms with E-state index in [1.54, 1.807) is 49.6 Å².